The number of rotatable bonds is 3. The first-order valence-electron chi connectivity index (χ1n) is 7.30. The minimum absolute atomic E-state index is 0.263. The third-order valence-corrected chi connectivity index (χ3v) is 4.88. The van der Waals surface area contributed by atoms with E-state index in [1.165, 1.54) is 12.4 Å². The largest absolute Gasteiger partial charge is 0.481 e. The zero-order chi connectivity index (χ0) is 15.0. The summed E-state index contributed by atoms with van der Waals surface area (Å²) in [6, 6.07) is 1.64. The number of nitrogens with zero attached hydrogens (tertiary/aromatic N) is 1. The molecule has 6 nitrogen and oxygen atoms in total. The van der Waals surface area contributed by atoms with Gasteiger partial charge in [0.25, 0.3) is 0 Å². The van der Waals surface area contributed by atoms with Crippen molar-refractivity contribution >= 4 is 11.7 Å². The van der Waals surface area contributed by atoms with Crippen molar-refractivity contribution in [2.24, 2.45) is 5.92 Å². The molecule has 6 heteroatoms. The topological polar surface area (TPSA) is 106 Å². The van der Waals surface area contributed by atoms with Crippen molar-refractivity contribution in [3.05, 3.63) is 24.0 Å². The SMILES string of the molecule is Nc1cnccc1[C@@H](C(=O)O)[C@@H]1CCO[C@H]2CCC[C@@]21O. The van der Waals surface area contributed by atoms with E-state index in [2.05, 4.69) is 4.98 Å². The number of fused-ring (bicyclic) bond motifs is 1. The first kappa shape index (κ1) is 14.3. The lowest BCUT2D eigenvalue weighted by molar-refractivity contribution is -0.175. The van der Waals surface area contributed by atoms with Gasteiger partial charge >= 0.3 is 5.97 Å². The second-order valence-electron chi connectivity index (χ2n) is 5.96. The van der Waals surface area contributed by atoms with Crippen LogP contribution in [0.1, 0.15) is 37.2 Å². The van der Waals surface area contributed by atoms with Crippen LogP contribution in [0.15, 0.2) is 18.5 Å². The molecule has 4 N–H and O–H groups in total. The molecule has 4 atom stereocenters. The lowest BCUT2D eigenvalue weighted by Crippen LogP contribution is -2.53. The van der Waals surface area contributed by atoms with Crippen molar-refractivity contribution in [3.63, 3.8) is 0 Å². The Morgan fingerprint density at radius 2 is 2.33 bits per heavy atom. The molecule has 0 bridgehead atoms. The molecule has 21 heavy (non-hydrogen) atoms. The lowest BCUT2D eigenvalue weighted by Gasteiger charge is -2.44. The zero-order valence-corrected chi connectivity index (χ0v) is 11.7. The van der Waals surface area contributed by atoms with Crippen LogP contribution in [0.4, 0.5) is 5.69 Å². The third kappa shape index (κ3) is 2.28. The number of nitrogens with two attached hydrogens (primary N) is 1. The second kappa shape index (κ2) is 5.27. The number of hydrogen-bond donors (Lipinski definition) is 3. The number of anilines is 1. The highest BCUT2D eigenvalue weighted by Gasteiger charge is 2.54. The number of aromatic nitrogens is 1. The van der Waals surface area contributed by atoms with E-state index in [0.717, 1.165) is 12.8 Å². The number of aliphatic carboxylic acids is 1. The minimum atomic E-state index is -1.07. The van der Waals surface area contributed by atoms with Gasteiger partial charge in [-0.3, -0.25) is 9.78 Å². The summed E-state index contributed by atoms with van der Waals surface area (Å²) < 4.78 is 5.64. The van der Waals surface area contributed by atoms with Crippen molar-refractivity contribution in [3.8, 4) is 0 Å². The summed E-state index contributed by atoms with van der Waals surface area (Å²) in [6.45, 7) is 0.479. The molecular formula is C15H20N2O4. The van der Waals surface area contributed by atoms with E-state index in [0.29, 0.717) is 30.7 Å². The lowest BCUT2D eigenvalue weighted by atomic mass is 9.70. The van der Waals surface area contributed by atoms with Crippen molar-refractivity contribution < 1.29 is 19.7 Å². The van der Waals surface area contributed by atoms with Gasteiger partial charge in [0.1, 0.15) is 0 Å². The quantitative estimate of drug-likeness (QED) is 0.771. The minimum Gasteiger partial charge on any atom is -0.481 e. The van der Waals surface area contributed by atoms with Crippen LogP contribution in [-0.4, -0.2) is 39.5 Å². The van der Waals surface area contributed by atoms with Gasteiger partial charge in [-0.25, -0.2) is 0 Å². The van der Waals surface area contributed by atoms with Crippen LogP contribution >= 0.6 is 0 Å². The number of carbonyl (C=O) groups is 1. The van der Waals surface area contributed by atoms with Crippen molar-refractivity contribution in [1.29, 1.82) is 0 Å². The number of carboxylic acid groups (broad SMARTS) is 1. The fraction of sp³-hybridized carbons (Fsp3) is 0.600. The highest BCUT2D eigenvalue weighted by atomic mass is 16.5. The van der Waals surface area contributed by atoms with E-state index in [1.54, 1.807) is 6.07 Å². The Bertz CT molecular complexity index is 550. The Morgan fingerprint density at radius 3 is 3.05 bits per heavy atom. The van der Waals surface area contributed by atoms with Crippen LogP contribution in [0.3, 0.4) is 0 Å². The molecule has 1 aliphatic heterocycles. The number of hydrogen-bond acceptors (Lipinski definition) is 5. The molecule has 2 fully saturated rings. The highest BCUT2D eigenvalue weighted by Crippen LogP contribution is 2.49. The second-order valence-corrected chi connectivity index (χ2v) is 5.96. The molecule has 0 aromatic carbocycles. The molecule has 1 aromatic heterocycles. The molecule has 2 heterocycles. The van der Waals surface area contributed by atoms with Crippen LogP contribution < -0.4 is 5.73 Å². The van der Waals surface area contributed by atoms with Crippen LogP contribution in [0.2, 0.25) is 0 Å². The van der Waals surface area contributed by atoms with Gasteiger partial charge in [-0.05, 0) is 37.3 Å². The molecule has 114 valence electrons. The number of pyridine rings is 1. The number of aliphatic hydroxyl groups is 1. The van der Waals surface area contributed by atoms with Crippen LogP contribution in [0.5, 0.6) is 0 Å². The number of ether oxygens (including phenoxy) is 1. The first-order chi connectivity index (χ1) is 10.0. The van der Waals surface area contributed by atoms with Crippen molar-refractivity contribution in [2.75, 3.05) is 12.3 Å². The molecule has 1 saturated heterocycles. The summed E-state index contributed by atoms with van der Waals surface area (Å²) in [5.74, 6) is -2.18. The maximum Gasteiger partial charge on any atom is 0.311 e. The zero-order valence-electron chi connectivity index (χ0n) is 11.7. The molecule has 1 aromatic rings. The summed E-state index contributed by atoms with van der Waals surface area (Å²) in [7, 11) is 0. The Morgan fingerprint density at radius 1 is 1.52 bits per heavy atom. The average Bonchev–Trinajstić information content (AvgIpc) is 2.83. The maximum atomic E-state index is 11.9. The van der Waals surface area contributed by atoms with E-state index in [4.69, 9.17) is 10.5 Å². The van der Waals surface area contributed by atoms with Gasteiger partial charge in [0.2, 0.25) is 0 Å². The maximum absolute atomic E-state index is 11.9. The fourth-order valence-electron chi connectivity index (χ4n) is 3.90. The van der Waals surface area contributed by atoms with Crippen LogP contribution in [-0.2, 0) is 9.53 Å². The van der Waals surface area contributed by atoms with Gasteiger partial charge in [0, 0.05) is 18.7 Å². The van der Waals surface area contributed by atoms with E-state index in [9.17, 15) is 15.0 Å². The van der Waals surface area contributed by atoms with E-state index < -0.39 is 17.5 Å². The number of nitrogen functional groups attached to an aromatic ring is 1. The number of carboxylic acids is 1. The molecule has 3 rings (SSSR count). The first-order valence-corrected chi connectivity index (χ1v) is 7.30. The van der Waals surface area contributed by atoms with Gasteiger partial charge in [0.15, 0.2) is 0 Å². The predicted octanol–water partition coefficient (Wildman–Crippen LogP) is 1.15. The molecule has 2 aliphatic rings. The Kier molecular flexibility index (Phi) is 3.59. The summed E-state index contributed by atoms with van der Waals surface area (Å²) in [5, 5.41) is 20.7. The van der Waals surface area contributed by atoms with Gasteiger partial charge in [-0.15, -0.1) is 0 Å². The van der Waals surface area contributed by atoms with E-state index >= 15 is 0 Å². The van der Waals surface area contributed by atoms with Crippen molar-refractivity contribution in [1.82, 2.24) is 4.98 Å². The van der Waals surface area contributed by atoms with Crippen molar-refractivity contribution in [2.45, 2.75) is 43.3 Å². The monoisotopic (exact) mass is 292 g/mol. The summed E-state index contributed by atoms with van der Waals surface area (Å²) in [5.41, 5.74) is 5.72. The Hall–Kier alpha value is -1.66. The molecule has 1 aliphatic carbocycles. The molecule has 0 unspecified atom stereocenters. The standard InChI is InChI=1S/C15H20N2O4/c16-11-8-17-6-3-9(11)13(14(18)19)10-4-7-21-12-2-1-5-15(10,12)20/h3,6,8,10,12-13,20H,1-2,4-5,7,16H2,(H,18,19)/t10-,12-,13+,15-/m0/s1. The van der Waals surface area contributed by atoms with Gasteiger partial charge in [-0.1, -0.05) is 0 Å². The molecule has 0 spiro atoms. The molecule has 0 amide bonds. The van der Waals surface area contributed by atoms with Gasteiger partial charge < -0.3 is 20.7 Å². The summed E-state index contributed by atoms with van der Waals surface area (Å²) in [6.07, 6.45) is 5.48. The normalized spacial score (nSPS) is 33.4. The fourth-order valence-corrected chi connectivity index (χ4v) is 3.90. The predicted molar refractivity (Wildman–Crippen MR) is 75.7 cm³/mol. The van der Waals surface area contributed by atoms with E-state index in [1.807, 2.05) is 0 Å². The summed E-state index contributed by atoms with van der Waals surface area (Å²) in [4.78, 5) is 15.8. The van der Waals surface area contributed by atoms with Crippen LogP contribution in [0.25, 0.3) is 0 Å². The van der Waals surface area contributed by atoms with Gasteiger partial charge in [-0.2, -0.15) is 0 Å². The van der Waals surface area contributed by atoms with Gasteiger partial charge in [0.05, 0.1) is 29.5 Å². The molecule has 0 radical (unpaired) electrons. The third-order valence-electron chi connectivity index (χ3n) is 4.88. The van der Waals surface area contributed by atoms with E-state index in [-0.39, 0.29) is 12.0 Å². The highest BCUT2D eigenvalue weighted by molar-refractivity contribution is 5.79. The molecule has 1 saturated carbocycles. The average molecular weight is 292 g/mol. The van der Waals surface area contributed by atoms with Crippen LogP contribution in [0, 0.1) is 5.92 Å². The Labute approximate surface area is 122 Å². The summed E-state index contributed by atoms with van der Waals surface area (Å²) >= 11 is 0. The molecular weight excluding hydrogens is 272 g/mol. The Balaban J connectivity index is 2.01. The smallest absolute Gasteiger partial charge is 0.311 e.